The van der Waals surface area contributed by atoms with Gasteiger partial charge in [-0.15, -0.1) is 0 Å². The SMILES string of the molecule is CCC1CCCN(C(CC)CC#N)C1. The van der Waals surface area contributed by atoms with E-state index in [1.165, 1.54) is 32.4 Å². The first-order chi connectivity index (χ1) is 6.81. The molecule has 0 aromatic heterocycles. The van der Waals surface area contributed by atoms with E-state index in [0.717, 1.165) is 12.3 Å². The molecule has 80 valence electrons. The molecule has 0 bridgehead atoms. The van der Waals surface area contributed by atoms with Gasteiger partial charge in [0.25, 0.3) is 0 Å². The lowest BCUT2D eigenvalue weighted by atomic mass is 9.93. The van der Waals surface area contributed by atoms with Crippen molar-refractivity contribution < 1.29 is 0 Å². The first-order valence-electron chi connectivity index (χ1n) is 5.92. The first kappa shape index (κ1) is 11.5. The predicted octanol–water partition coefficient (Wildman–Crippen LogP) is 2.80. The van der Waals surface area contributed by atoms with Crippen molar-refractivity contribution in [2.75, 3.05) is 13.1 Å². The van der Waals surface area contributed by atoms with Crippen LogP contribution in [-0.2, 0) is 0 Å². The van der Waals surface area contributed by atoms with Crippen LogP contribution in [0.4, 0.5) is 0 Å². The van der Waals surface area contributed by atoms with E-state index in [1.54, 1.807) is 0 Å². The van der Waals surface area contributed by atoms with Crippen molar-refractivity contribution >= 4 is 0 Å². The lowest BCUT2D eigenvalue weighted by molar-refractivity contribution is 0.119. The van der Waals surface area contributed by atoms with Gasteiger partial charge >= 0.3 is 0 Å². The molecule has 0 radical (unpaired) electrons. The molecule has 2 atom stereocenters. The van der Waals surface area contributed by atoms with Gasteiger partial charge in [-0.2, -0.15) is 5.26 Å². The van der Waals surface area contributed by atoms with E-state index in [4.69, 9.17) is 5.26 Å². The largest absolute Gasteiger partial charge is 0.299 e. The van der Waals surface area contributed by atoms with E-state index in [2.05, 4.69) is 24.8 Å². The van der Waals surface area contributed by atoms with Crippen LogP contribution in [0.15, 0.2) is 0 Å². The van der Waals surface area contributed by atoms with Crippen molar-refractivity contribution in [2.24, 2.45) is 5.92 Å². The summed E-state index contributed by atoms with van der Waals surface area (Å²) >= 11 is 0. The lowest BCUT2D eigenvalue weighted by Gasteiger charge is -2.36. The normalized spacial score (nSPS) is 25.6. The highest BCUT2D eigenvalue weighted by Gasteiger charge is 2.23. The van der Waals surface area contributed by atoms with Crippen molar-refractivity contribution in [1.82, 2.24) is 4.90 Å². The van der Waals surface area contributed by atoms with Crippen LogP contribution in [0.2, 0.25) is 0 Å². The lowest BCUT2D eigenvalue weighted by Crippen LogP contribution is -2.42. The van der Waals surface area contributed by atoms with Crippen LogP contribution >= 0.6 is 0 Å². The maximum absolute atomic E-state index is 8.74. The molecular formula is C12H22N2. The van der Waals surface area contributed by atoms with E-state index >= 15 is 0 Å². The fourth-order valence-electron chi connectivity index (χ4n) is 2.40. The summed E-state index contributed by atoms with van der Waals surface area (Å²) in [6, 6.07) is 2.82. The molecule has 0 saturated carbocycles. The van der Waals surface area contributed by atoms with Gasteiger partial charge < -0.3 is 0 Å². The molecule has 2 heteroatoms. The summed E-state index contributed by atoms with van der Waals surface area (Å²) in [5.41, 5.74) is 0. The van der Waals surface area contributed by atoms with E-state index in [1.807, 2.05) is 0 Å². The Morgan fingerprint density at radius 2 is 2.29 bits per heavy atom. The highest BCUT2D eigenvalue weighted by atomic mass is 15.2. The maximum Gasteiger partial charge on any atom is 0.0638 e. The highest BCUT2D eigenvalue weighted by Crippen LogP contribution is 2.22. The molecule has 1 rings (SSSR count). The molecule has 1 aliphatic heterocycles. The Labute approximate surface area is 87.9 Å². The number of likely N-dealkylation sites (tertiary alicyclic amines) is 1. The van der Waals surface area contributed by atoms with Crippen molar-refractivity contribution in [3.8, 4) is 6.07 Å². The van der Waals surface area contributed by atoms with Crippen molar-refractivity contribution in [3.05, 3.63) is 0 Å². The molecule has 2 nitrogen and oxygen atoms in total. The Hall–Kier alpha value is -0.550. The highest BCUT2D eigenvalue weighted by molar-refractivity contribution is 4.84. The summed E-state index contributed by atoms with van der Waals surface area (Å²) in [5, 5.41) is 8.74. The van der Waals surface area contributed by atoms with E-state index in [0.29, 0.717) is 12.5 Å². The number of piperidine rings is 1. The van der Waals surface area contributed by atoms with Gasteiger partial charge in [-0.3, -0.25) is 4.90 Å². The third-order valence-electron chi connectivity index (χ3n) is 3.44. The second-order valence-corrected chi connectivity index (χ2v) is 4.34. The molecule has 0 aromatic rings. The molecule has 1 aliphatic rings. The minimum Gasteiger partial charge on any atom is -0.299 e. The zero-order valence-corrected chi connectivity index (χ0v) is 9.50. The van der Waals surface area contributed by atoms with Crippen molar-refractivity contribution in [1.29, 1.82) is 5.26 Å². The topological polar surface area (TPSA) is 27.0 Å². The quantitative estimate of drug-likeness (QED) is 0.688. The Morgan fingerprint density at radius 3 is 2.86 bits per heavy atom. The number of nitrogens with zero attached hydrogens (tertiary/aromatic N) is 2. The first-order valence-corrected chi connectivity index (χ1v) is 5.92. The minimum atomic E-state index is 0.509. The van der Waals surface area contributed by atoms with Gasteiger partial charge in [0, 0.05) is 12.6 Å². The summed E-state index contributed by atoms with van der Waals surface area (Å²) < 4.78 is 0. The van der Waals surface area contributed by atoms with Crippen LogP contribution in [0.5, 0.6) is 0 Å². The third kappa shape index (κ3) is 2.99. The fraction of sp³-hybridized carbons (Fsp3) is 0.917. The number of hydrogen-bond acceptors (Lipinski definition) is 2. The van der Waals surface area contributed by atoms with E-state index in [9.17, 15) is 0 Å². The standard InChI is InChI=1S/C12H22N2/c1-3-11-6-5-9-14(10-11)12(4-2)7-8-13/h11-12H,3-7,9-10H2,1-2H3. The number of rotatable bonds is 4. The molecule has 1 heterocycles. The molecule has 0 amide bonds. The number of hydrogen-bond donors (Lipinski definition) is 0. The zero-order valence-electron chi connectivity index (χ0n) is 9.50. The van der Waals surface area contributed by atoms with Gasteiger partial charge in [0.1, 0.15) is 0 Å². The predicted molar refractivity (Wildman–Crippen MR) is 58.9 cm³/mol. The summed E-state index contributed by atoms with van der Waals surface area (Å²) in [5.74, 6) is 0.872. The summed E-state index contributed by atoms with van der Waals surface area (Å²) in [6.45, 7) is 6.89. The van der Waals surface area contributed by atoms with Gasteiger partial charge in [0.15, 0.2) is 0 Å². The average molecular weight is 194 g/mol. The molecule has 0 spiro atoms. The summed E-state index contributed by atoms with van der Waals surface area (Å²) in [4.78, 5) is 2.53. The Morgan fingerprint density at radius 1 is 1.50 bits per heavy atom. The Bertz CT molecular complexity index is 195. The van der Waals surface area contributed by atoms with Crippen molar-refractivity contribution in [3.63, 3.8) is 0 Å². The third-order valence-corrected chi connectivity index (χ3v) is 3.44. The molecule has 0 N–H and O–H groups in total. The summed E-state index contributed by atoms with van der Waals surface area (Å²) in [6.07, 6.45) is 5.81. The average Bonchev–Trinajstić information content (AvgIpc) is 2.26. The fourth-order valence-corrected chi connectivity index (χ4v) is 2.40. The van der Waals surface area contributed by atoms with Crippen LogP contribution in [0.25, 0.3) is 0 Å². The van der Waals surface area contributed by atoms with Crippen LogP contribution in [0.3, 0.4) is 0 Å². The smallest absolute Gasteiger partial charge is 0.0638 e. The zero-order chi connectivity index (χ0) is 10.4. The molecule has 1 saturated heterocycles. The van der Waals surface area contributed by atoms with Crippen LogP contribution in [0, 0.1) is 17.2 Å². The van der Waals surface area contributed by atoms with Gasteiger partial charge in [0.05, 0.1) is 12.5 Å². The number of nitriles is 1. The van der Waals surface area contributed by atoms with Crippen LogP contribution < -0.4 is 0 Å². The monoisotopic (exact) mass is 194 g/mol. The minimum absolute atomic E-state index is 0.509. The molecule has 0 aromatic carbocycles. The van der Waals surface area contributed by atoms with E-state index in [-0.39, 0.29) is 0 Å². The molecular weight excluding hydrogens is 172 g/mol. The Kier molecular flexibility index (Phi) is 4.97. The second-order valence-electron chi connectivity index (χ2n) is 4.34. The van der Waals surface area contributed by atoms with Gasteiger partial charge in [0.2, 0.25) is 0 Å². The molecule has 14 heavy (non-hydrogen) atoms. The van der Waals surface area contributed by atoms with Gasteiger partial charge in [-0.1, -0.05) is 20.3 Å². The summed E-state index contributed by atoms with van der Waals surface area (Å²) in [7, 11) is 0. The van der Waals surface area contributed by atoms with Crippen LogP contribution in [0.1, 0.15) is 46.0 Å². The molecule has 2 unspecified atom stereocenters. The molecule has 1 fully saturated rings. The maximum atomic E-state index is 8.74. The van der Waals surface area contributed by atoms with Crippen LogP contribution in [-0.4, -0.2) is 24.0 Å². The second kappa shape index (κ2) is 6.03. The van der Waals surface area contributed by atoms with Crippen molar-refractivity contribution in [2.45, 2.75) is 52.0 Å². The van der Waals surface area contributed by atoms with Gasteiger partial charge in [-0.25, -0.2) is 0 Å². The molecule has 0 aliphatic carbocycles. The van der Waals surface area contributed by atoms with Gasteiger partial charge in [-0.05, 0) is 31.7 Å². The van der Waals surface area contributed by atoms with E-state index < -0.39 is 0 Å². The Balaban J connectivity index is 2.45.